The van der Waals surface area contributed by atoms with E-state index in [-0.39, 0.29) is 42.2 Å². The summed E-state index contributed by atoms with van der Waals surface area (Å²) in [5.74, 6) is 1.51. The predicted molar refractivity (Wildman–Crippen MR) is 115 cm³/mol. The normalized spacial score (nSPS) is 21.1. The molecule has 0 saturated carbocycles. The number of carbonyl (C=O) groups is 2. The highest BCUT2D eigenvalue weighted by molar-refractivity contribution is 5.85. The largest absolute Gasteiger partial charge is 0.356 e. The number of piperidine rings is 1. The molecule has 0 bridgehead atoms. The highest BCUT2D eigenvalue weighted by Gasteiger charge is 2.23. The van der Waals surface area contributed by atoms with Crippen LogP contribution in [0.2, 0.25) is 0 Å². The molecule has 1 unspecified atom stereocenters. The zero-order valence-electron chi connectivity index (χ0n) is 17.0. The third-order valence-electron chi connectivity index (χ3n) is 5.12. The summed E-state index contributed by atoms with van der Waals surface area (Å²) < 4.78 is 0. The van der Waals surface area contributed by atoms with E-state index < -0.39 is 0 Å². The third kappa shape index (κ3) is 11.1. The Morgan fingerprint density at radius 2 is 1.70 bits per heavy atom. The second-order valence-electron chi connectivity index (χ2n) is 8.72. The van der Waals surface area contributed by atoms with Crippen molar-refractivity contribution in [3.05, 3.63) is 0 Å². The van der Waals surface area contributed by atoms with Crippen molar-refractivity contribution in [3.8, 4) is 0 Å². The van der Waals surface area contributed by atoms with Gasteiger partial charge in [0, 0.05) is 18.5 Å². The van der Waals surface area contributed by atoms with Crippen molar-refractivity contribution in [2.75, 3.05) is 39.3 Å². The van der Waals surface area contributed by atoms with Gasteiger partial charge >= 0.3 is 0 Å². The van der Waals surface area contributed by atoms with Gasteiger partial charge in [0.25, 0.3) is 0 Å². The molecule has 160 valence electrons. The fourth-order valence-corrected chi connectivity index (χ4v) is 3.65. The maximum Gasteiger partial charge on any atom is 0.234 e. The average Bonchev–Trinajstić information content (AvgIpc) is 3.04. The predicted octanol–water partition coefficient (Wildman–Crippen LogP) is 1.96. The molecule has 8 heteroatoms. The van der Waals surface area contributed by atoms with E-state index in [0.717, 1.165) is 52.0 Å². The van der Waals surface area contributed by atoms with Gasteiger partial charge in [-0.1, -0.05) is 0 Å². The van der Waals surface area contributed by atoms with E-state index in [4.69, 9.17) is 0 Å². The van der Waals surface area contributed by atoms with Crippen LogP contribution in [0.4, 0.5) is 0 Å². The van der Waals surface area contributed by atoms with Crippen molar-refractivity contribution in [1.29, 1.82) is 0 Å². The summed E-state index contributed by atoms with van der Waals surface area (Å²) in [4.78, 5) is 26.2. The van der Waals surface area contributed by atoms with E-state index in [1.807, 2.05) is 20.8 Å². The van der Waals surface area contributed by atoms with Crippen LogP contribution >= 0.6 is 24.8 Å². The van der Waals surface area contributed by atoms with Gasteiger partial charge in [0.1, 0.15) is 0 Å². The van der Waals surface area contributed by atoms with Crippen LogP contribution in [0.5, 0.6) is 0 Å². The summed E-state index contributed by atoms with van der Waals surface area (Å²) >= 11 is 0. The van der Waals surface area contributed by atoms with Gasteiger partial charge in [-0.2, -0.15) is 0 Å². The van der Waals surface area contributed by atoms with E-state index in [2.05, 4.69) is 20.9 Å². The zero-order valence-corrected chi connectivity index (χ0v) is 18.6. The molecule has 3 N–H and O–H groups in total. The van der Waals surface area contributed by atoms with Crippen LogP contribution in [0, 0.1) is 11.8 Å². The SMILES string of the molecule is CC(C)(C)NC(=O)CN1CCC(CNC(=O)CCC2CCNC2)CC1.Cl.Cl. The van der Waals surface area contributed by atoms with Gasteiger partial charge < -0.3 is 16.0 Å². The van der Waals surface area contributed by atoms with Crippen molar-refractivity contribution < 1.29 is 9.59 Å². The molecule has 1 atom stereocenters. The molecule has 0 aliphatic carbocycles. The van der Waals surface area contributed by atoms with E-state index in [1.165, 1.54) is 6.42 Å². The smallest absolute Gasteiger partial charge is 0.234 e. The minimum atomic E-state index is -0.172. The molecule has 2 amide bonds. The number of nitrogens with zero attached hydrogens (tertiary/aromatic N) is 1. The second kappa shape index (κ2) is 12.8. The van der Waals surface area contributed by atoms with Gasteiger partial charge in [0.05, 0.1) is 6.54 Å². The fraction of sp³-hybridized carbons (Fsp3) is 0.895. The van der Waals surface area contributed by atoms with Crippen molar-refractivity contribution in [3.63, 3.8) is 0 Å². The van der Waals surface area contributed by atoms with Gasteiger partial charge in [0.15, 0.2) is 0 Å². The first-order valence-corrected chi connectivity index (χ1v) is 9.82. The molecule has 0 aromatic heterocycles. The highest BCUT2D eigenvalue weighted by atomic mass is 35.5. The van der Waals surface area contributed by atoms with E-state index in [1.54, 1.807) is 0 Å². The van der Waals surface area contributed by atoms with Crippen LogP contribution in [-0.2, 0) is 9.59 Å². The Morgan fingerprint density at radius 1 is 1.04 bits per heavy atom. The molecule has 2 aliphatic rings. The number of likely N-dealkylation sites (tertiary alicyclic amines) is 1. The maximum absolute atomic E-state index is 12.0. The molecule has 2 fully saturated rings. The van der Waals surface area contributed by atoms with Crippen molar-refractivity contribution in [1.82, 2.24) is 20.9 Å². The Hall–Kier alpha value is -0.560. The molecule has 2 aliphatic heterocycles. The first kappa shape index (κ1) is 26.4. The number of amides is 2. The number of nitrogens with one attached hydrogen (secondary N) is 3. The Labute approximate surface area is 176 Å². The van der Waals surface area contributed by atoms with Gasteiger partial charge in [-0.05, 0) is 84.5 Å². The monoisotopic (exact) mass is 424 g/mol. The number of halogens is 2. The lowest BCUT2D eigenvalue weighted by molar-refractivity contribution is -0.124. The molecule has 0 spiro atoms. The molecule has 2 rings (SSSR count). The van der Waals surface area contributed by atoms with Crippen molar-refractivity contribution in [2.45, 2.75) is 58.4 Å². The standard InChI is InChI=1S/C19H36N4O2.2ClH/c1-19(2,3)22-18(25)14-23-10-7-16(8-11-23)13-21-17(24)5-4-15-6-9-20-12-15;;/h15-16,20H,4-14H2,1-3H3,(H,21,24)(H,22,25);2*1H. The summed E-state index contributed by atoms with van der Waals surface area (Å²) in [7, 11) is 0. The van der Waals surface area contributed by atoms with Crippen molar-refractivity contribution in [2.24, 2.45) is 11.8 Å². The quantitative estimate of drug-likeness (QED) is 0.583. The van der Waals surface area contributed by atoms with Crippen molar-refractivity contribution >= 4 is 36.6 Å². The molecule has 2 heterocycles. The average molecular weight is 425 g/mol. The van der Waals surface area contributed by atoms with Crippen LogP contribution in [0.15, 0.2) is 0 Å². The third-order valence-corrected chi connectivity index (χ3v) is 5.12. The van der Waals surface area contributed by atoms with Gasteiger partial charge in [-0.25, -0.2) is 0 Å². The lowest BCUT2D eigenvalue weighted by Gasteiger charge is -2.32. The molecule has 2 saturated heterocycles. The van der Waals surface area contributed by atoms with Gasteiger partial charge in [-0.3, -0.25) is 14.5 Å². The Morgan fingerprint density at radius 3 is 2.26 bits per heavy atom. The van der Waals surface area contributed by atoms with Crippen LogP contribution in [0.25, 0.3) is 0 Å². The summed E-state index contributed by atoms with van der Waals surface area (Å²) in [5.41, 5.74) is -0.172. The molecule has 0 aromatic rings. The fourth-order valence-electron chi connectivity index (χ4n) is 3.65. The zero-order chi connectivity index (χ0) is 18.3. The van der Waals surface area contributed by atoms with Gasteiger partial charge in [-0.15, -0.1) is 24.8 Å². The van der Waals surface area contributed by atoms with E-state index >= 15 is 0 Å². The minimum Gasteiger partial charge on any atom is -0.356 e. The Balaban J connectivity index is 0.00000338. The van der Waals surface area contributed by atoms with Crippen LogP contribution in [0.1, 0.15) is 52.9 Å². The van der Waals surface area contributed by atoms with E-state index in [0.29, 0.717) is 24.8 Å². The number of rotatable bonds is 7. The number of hydrogen-bond acceptors (Lipinski definition) is 4. The van der Waals surface area contributed by atoms with Crippen LogP contribution in [0.3, 0.4) is 0 Å². The summed E-state index contributed by atoms with van der Waals surface area (Å²) in [5, 5.41) is 9.46. The summed E-state index contributed by atoms with van der Waals surface area (Å²) in [6.07, 6.45) is 4.96. The summed E-state index contributed by atoms with van der Waals surface area (Å²) in [6, 6.07) is 0. The second-order valence-corrected chi connectivity index (χ2v) is 8.72. The number of hydrogen-bond donors (Lipinski definition) is 3. The number of carbonyl (C=O) groups excluding carboxylic acids is 2. The van der Waals surface area contributed by atoms with Gasteiger partial charge in [0.2, 0.25) is 11.8 Å². The first-order valence-electron chi connectivity index (χ1n) is 9.82. The lowest BCUT2D eigenvalue weighted by Crippen LogP contribution is -2.48. The highest BCUT2D eigenvalue weighted by Crippen LogP contribution is 2.17. The molecular weight excluding hydrogens is 387 g/mol. The molecule has 0 radical (unpaired) electrons. The van der Waals surface area contributed by atoms with Crippen LogP contribution < -0.4 is 16.0 Å². The Bertz CT molecular complexity index is 443. The van der Waals surface area contributed by atoms with Crippen LogP contribution in [-0.4, -0.2) is 61.5 Å². The molecular formula is C19H38Cl2N4O2. The summed E-state index contributed by atoms with van der Waals surface area (Å²) in [6.45, 7) is 11.3. The molecule has 6 nitrogen and oxygen atoms in total. The lowest BCUT2D eigenvalue weighted by atomic mass is 9.96. The minimum absolute atomic E-state index is 0. The van der Waals surface area contributed by atoms with E-state index in [9.17, 15) is 9.59 Å². The first-order chi connectivity index (χ1) is 11.8. The maximum atomic E-state index is 12.0. The Kier molecular flexibility index (Phi) is 12.5. The molecule has 27 heavy (non-hydrogen) atoms. The molecule has 0 aromatic carbocycles. The topological polar surface area (TPSA) is 73.5 Å².